The SMILES string of the molecule is N#CC(C(=O)NCc1ccccc1)=C1SC(Cc2cccc([N+](=O)[O-])c2)C(=O)N1c1ccc(Cl)cc1. The number of amides is 2. The molecular formula is C26H19ClN4O4S. The van der Waals surface area contributed by atoms with E-state index in [9.17, 15) is 25.0 Å². The van der Waals surface area contributed by atoms with Gasteiger partial charge in [0.15, 0.2) is 0 Å². The molecule has 3 aromatic rings. The molecule has 0 aromatic heterocycles. The van der Waals surface area contributed by atoms with Crippen LogP contribution in [0.15, 0.2) is 89.5 Å². The number of hydrogen-bond acceptors (Lipinski definition) is 6. The Bertz CT molecular complexity index is 1390. The van der Waals surface area contributed by atoms with Crippen molar-refractivity contribution in [2.24, 2.45) is 0 Å². The summed E-state index contributed by atoms with van der Waals surface area (Å²) in [5.74, 6) is -0.945. The van der Waals surface area contributed by atoms with Crippen molar-refractivity contribution in [2.75, 3.05) is 4.90 Å². The summed E-state index contributed by atoms with van der Waals surface area (Å²) in [6, 6.07) is 23.8. The summed E-state index contributed by atoms with van der Waals surface area (Å²) in [4.78, 5) is 38.5. The summed E-state index contributed by atoms with van der Waals surface area (Å²) >= 11 is 7.10. The third-order valence-corrected chi connectivity index (χ3v) is 6.94. The van der Waals surface area contributed by atoms with Crippen LogP contribution in [0.2, 0.25) is 5.02 Å². The maximum absolute atomic E-state index is 13.5. The standard InChI is InChI=1S/C26H19ClN4O4S/c27-19-9-11-20(12-10-19)30-25(33)23(14-18-7-4-8-21(13-18)31(34)35)36-26(30)22(15-28)24(32)29-16-17-5-2-1-3-6-17/h1-13,23H,14,16H2,(H,29,32). The number of halogens is 1. The van der Waals surface area contributed by atoms with E-state index in [1.54, 1.807) is 36.4 Å². The summed E-state index contributed by atoms with van der Waals surface area (Å²) in [6.07, 6.45) is 0.184. The molecule has 8 nitrogen and oxygen atoms in total. The first-order chi connectivity index (χ1) is 17.4. The average molecular weight is 519 g/mol. The minimum absolute atomic E-state index is 0.0775. The summed E-state index contributed by atoms with van der Waals surface area (Å²) in [5.41, 5.74) is 1.64. The Hall–Kier alpha value is -4.13. The van der Waals surface area contributed by atoms with E-state index >= 15 is 0 Å². The third kappa shape index (κ3) is 5.57. The Kier molecular flexibility index (Phi) is 7.68. The van der Waals surface area contributed by atoms with Crippen LogP contribution in [-0.2, 0) is 22.6 Å². The van der Waals surface area contributed by atoms with E-state index in [-0.39, 0.29) is 35.2 Å². The predicted octanol–water partition coefficient (Wildman–Crippen LogP) is 4.99. The van der Waals surface area contributed by atoms with Crippen LogP contribution in [0.5, 0.6) is 0 Å². The zero-order valence-electron chi connectivity index (χ0n) is 18.8. The third-order valence-electron chi connectivity index (χ3n) is 5.43. The Morgan fingerprint density at radius 3 is 2.44 bits per heavy atom. The predicted molar refractivity (Wildman–Crippen MR) is 138 cm³/mol. The molecule has 0 saturated carbocycles. The number of anilines is 1. The van der Waals surface area contributed by atoms with Crippen molar-refractivity contribution in [3.63, 3.8) is 0 Å². The quantitative estimate of drug-likeness (QED) is 0.204. The van der Waals surface area contributed by atoms with Gasteiger partial charge in [-0.1, -0.05) is 65.8 Å². The fraction of sp³-hybridized carbons (Fsp3) is 0.115. The molecule has 0 aliphatic carbocycles. The number of nitriles is 1. The second-order valence-electron chi connectivity index (χ2n) is 7.85. The molecule has 1 fully saturated rings. The maximum atomic E-state index is 13.5. The van der Waals surface area contributed by atoms with Crippen LogP contribution in [-0.4, -0.2) is 22.0 Å². The lowest BCUT2D eigenvalue weighted by molar-refractivity contribution is -0.384. The van der Waals surface area contributed by atoms with Gasteiger partial charge in [0.25, 0.3) is 11.6 Å². The van der Waals surface area contributed by atoms with Gasteiger partial charge < -0.3 is 5.32 Å². The van der Waals surface area contributed by atoms with Crippen LogP contribution in [0.1, 0.15) is 11.1 Å². The Labute approximate surface area is 216 Å². The monoisotopic (exact) mass is 518 g/mol. The fourth-order valence-electron chi connectivity index (χ4n) is 3.69. The summed E-state index contributed by atoms with van der Waals surface area (Å²) < 4.78 is 0. The van der Waals surface area contributed by atoms with E-state index in [0.717, 1.165) is 17.3 Å². The van der Waals surface area contributed by atoms with Gasteiger partial charge in [-0.3, -0.25) is 24.6 Å². The van der Waals surface area contributed by atoms with E-state index in [1.807, 2.05) is 36.4 Å². The van der Waals surface area contributed by atoms with Gasteiger partial charge in [0.1, 0.15) is 16.7 Å². The van der Waals surface area contributed by atoms with Gasteiger partial charge in [-0.05, 0) is 41.8 Å². The number of non-ortho nitro benzene ring substituents is 1. The minimum atomic E-state index is -0.692. The first kappa shape index (κ1) is 25.0. The second-order valence-corrected chi connectivity index (χ2v) is 9.48. The molecule has 1 unspecified atom stereocenters. The van der Waals surface area contributed by atoms with E-state index in [4.69, 9.17) is 11.6 Å². The Morgan fingerprint density at radius 1 is 1.08 bits per heavy atom. The topological polar surface area (TPSA) is 116 Å². The first-order valence-corrected chi connectivity index (χ1v) is 12.1. The lowest BCUT2D eigenvalue weighted by Crippen LogP contribution is -2.32. The molecular weight excluding hydrogens is 500 g/mol. The van der Waals surface area contributed by atoms with E-state index in [0.29, 0.717) is 16.3 Å². The molecule has 36 heavy (non-hydrogen) atoms. The first-order valence-electron chi connectivity index (χ1n) is 10.8. The molecule has 0 bridgehead atoms. The summed E-state index contributed by atoms with van der Waals surface area (Å²) in [6.45, 7) is 0.217. The van der Waals surface area contributed by atoms with E-state index in [1.165, 1.54) is 17.0 Å². The normalized spacial score (nSPS) is 16.4. The van der Waals surface area contributed by atoms with Gasteiger partial charge in [0.2, 0.25) is 5.91 Å². The number of nitro benzene ring substituents is 1. The number of benzene rings is 3. The smallest absolute Gasteiger partial charge is 0.269 e. The molecule has 1 N–H and O–H groups in total. The number of thioether (sulfide) groups is 1. The van der Waals surface area contributed by atoms with Crippen molar-refractivity contribution < 1.29 is 14.5 Å². The molecule has 10 heteroatoms. The molecule has 2 amide bonds. The van der Waals surface area contributed by atoms with Crippen LogP contribution in [0.25, 0.3) is 0 Å². The number of rotatable bonds is 7. The van der Waals surface area contributed by atoms with Gasteiger partial charge in [-0.15, -0.1) is 0 Å². The van der Waals surface area contributed by atoms with Gasteiger partial charge in [-0.2, -0.15) is 5.26 Å². The lowest BCUT2D eigenvalue weighted by atomic mass is 10.1. The van der Waals surface area contributed by atoms with Crippen molar-refractivity contribution in [3.05, 3.63) is 116 Å². The molecule has 4 rings (SSSR count). The minimum Gasteiger partial charge on any atom is -0.347 e. The van der Waals surface area contributed by atoms with Crippen molar-refractivity contribution in [2.45, 2.75) is 18.2 Å². The largest absolute Gasteiger partial charge is 0.347 e. The Balaban J connectivity index is 1.67. The molecule has 0 spiro atoms. The molecule has 180 valence electrons. The van der Waals surface area contributed by atoms with E-state index < -0.39 is 16.1 Å². The van der Waals surface area contributed by atoms with Crippen LogP contribution in [0.3, 0.4) is 0 Å². The molecule has 3 aromatic carbocycles. The highest BCUT2D eigenvalue weighted by Crippen LogP contribution is 2.42. The van der Waals surface area contributed by atoms with Gasteiger partial charge >= 0.3 is 0 Å². The second kappa shape index (κ2) is 11.1. The number of nitrogens with one attached hydrogen (secondary N) is 1. The van der Waals surface area contributed by atoms with Crippen molar-refractivity contribution in [3.8, 4) is 6.07 Å². The highest BCUT2D eigenvalue weighted by molar-refractivity contribution is 8.05. The highest BCUT2D eigenvalue weighted by atomic mass is 35.5. The fourth-order valence-corrected chi connectivity index (χ4v) is 5.12. The van der Waals surface area contributed by atoms with Gasteiger partial charge in [0.05, 0.1) is 10.2 Å². The van der Waals surface area contributed by atoms with Gasteiger partial charge in [-0.25, -0.2) is 0 Å². The van der Waals surface area contributed by atoms with Crippen molar-refractivity contribution >= 4 is 46.6 Å². The molecule has 1 aliphatic heterocycles. The maximum Gasteiger partial charge on any atom is 0.269 e. The van der Waals surface area contributed by atoms with E-state index in [2.05, 4.69) is 5.32 Å². The van der Waals surface area contributed by atoms with Crippen LogP contribution >= 0.6 is 23.4 Å². The average Bonchev–Trinajstić information content (AvgIpc) is 3.19. The zero-order valence-corrected chi connectivity index (χ0v) is 20.3. The molecule has 1 heterocycles. The lowest BCUT2D eigenvalue weighted by Gasteiger charge is -2.19. The van der Waals surface area contributed by atoms with Crippen molar-refractivity contribution in [1.29, 1.82) is 5.26 Å². The summed E-state index contributed by atoms with van der Waals surface area (Å²) in [5, 5.41) is 23.8. The molecule has 1 saturated heterocycles. The zero-order chi connectivity index (χ0) is 25.7. The molecule has 1 atom stereocenters. The Morgan fingerprint density at radius 2 is 1.78 bits per heavy atom. The molecule has 0 radical (unpaired) electrons. The van der Waals surface area contributed by atoms with Gasteiger partial charge in [0, 0.05) is 29.4 Å². The number of nitrogens with zero attached hydrogens (tertiary/aromatic N) is 3. The van der Waals surface area contributed by atoms with Crippen molar-refractivity contribution in [1.82, 2.24) is 5.32 Å². The van der Waals surface area contributed by atoms with Crippen LogP contribution in [0, 0.1) is 21.4 Å². The van der Waals surface area contributed by atoms with Crippen LogP contribution < -0.4 is 10.2 Å². The summed E-state index contributed by atoms with van der Waals surface area (Å²) in [7, 11) is 0. The van der Waals surface area contributed by atoms with Crippen LogP contribution in [0.4, 0.5) is 11.4 Å². The number of carbonyl (C=O) groups is 2. The number of nitro groups is 1. The highest BCUT2D eigenvalue weighted by Gasteiger charge is 2.41. The molecule has 1 aliphatic rings. The number of hydrogen-bond donors (Lipinski definition) is 1. The number of carbonyl (C=O) groups excluding carboxylic acids is 2.